The number of hydrogen-bond donors (Lipinski definition) is 1. The van der Waals surface area contributed by atoms with E-state index in [-0.39, 0.29) is 17.7 Å². The van der Waals surface area contributed by atoms with E-state index >= 15 is 0 Å². The van der Waals surface area contributed by atoms with Crippen molar-refractivity contribution in [3.63, 3.8) is 0 Å². The summed E-state index contributed by atoms with van der Waals surface area (Å²) in [5.41, 5.74) is 4.00. The fraction of sp³-hybridized carbons (Fsp3) is 0.429. The largest absolute Gasteiger partial charge is 0.490 e. The molecule has 0 atom stereocenters. The van der Waals surface area contributed by atoms with Crippen molar-refractivity contribution in [3.8, 4) is 27.6 Å². The normalized spacial score (nSPS) is 18.2. The van der Waals surface area contributed by atoms with E-state index in [1.54, 1.807) is 12.4 Å². The Balaban J connectivity index is 1.19. The Labute approximate surface area is 220 Å². The molecule has 4 heterocycles. The number of thiophene rings is 1. The second-order valence-corrected chi connectivity index (χ2v) is 11.2. The van der Waals surface area contributed by atoms with Crippen LogP contribution in [0.2, 0.25) is 0 Å². The maximum Gasteiger partial charge on any atom is 0.230 e. The van der Waals surface area contributed by atoms with Gasteiger partial charge in [0, 0.05) is 23.3 Å². The van der Waals surface area contributed by atoms with Crippen molar-refractivity contribution in [1.82, 2.24) is 14.9 Å². The van der Waals surface area contributed by atoms with Crippen LogP contribution >= 0.6 is 11.3 Å². The first-order valence-electron chi connectivity index (χ1n) is 13.0. The van der Waals surface area contributed by atoms with Gasteiger partial charge in [-0.05, 0) is 69.9 Å². The zero-order chi connectivity index (χ0) is 25.4. The van der Waals surface area contributed by atoms with Crippen LogP contribution in [0.15, 0.2) is 42.0 Å². The zero-order valence-corrected chi connectivity index (χ0v) is 21.8. The number of carbonyl (C=O) groups is 2. The third-order valence-electron chi connectivity index (χ3n) is 7.39. The molecular formula is C28H31N5O3S. The number of carbonyl (C=O) groups excluding carboxylic acids is 2. The van der Waals surface area contributed by atoms with E-state index in [9.17, 15) is 9.59 Å². The lowest BCUT2D eigenvalue weighted by atomic mass is 9.95. The Bertz CT molecular complexity index is 1310. The number of piperidine rings is 1. The van der Waals surface area contributed by atoms with Crippen LogP contribution in [-0.4, -0.2) is 60.0 Å². The SMILES string of the molecule is CN1CCC(C(=O)N2CCOc3cc(-c4cncc(-c5cc(NC(=O)CC6CC6)cs5)n4)ccc32)CC1. The summed E-state index contributed by atoms with van der Waals surface area (Å²) in [5.74, 6) is 1.60. The lowest BCUT2D eigenvalue weighted by Gasteiger charge is -2.35. The van der Waals surface area contributed by atoms with Gasteiger partial charge in [0.2, 0.25) is 11.8 Å². The zero-order valence-electron chi connectivity index (χ0n) is 21.0. The number of nitrogens with one attached hydrogen (secondary N) is 1. The number of rotatable bonds is 6. The molecule has 1 aliphatic carbocycles. The molecule has 0 radical (unpaired) electrons. The smallest absolute Gasteiger partial charge is 0.230 e. The lowest BCUT2D eigenvalue weighted by Crippen LogP contribution is -2.44. The molecule has 1 saturated carbocycles. The van der Waals surface area contributed by atoms with Crippen molar-refractivity contribution in [3.05, 3.63) is 42.0 Å². The summed E-state index contributed by atoms with van der Waals surface area (Å²) in [6.45, 7) is 2.97. The molecule has 3 aliphatic rings. The Morgan fingerprint density at radius 1 is 1.08 bits per heavy atom. The van der Waals surface area contributed by atoms with Gasteiger partial charge < -0.3 is 19.9 Å². The second kappa shape index (κ2) is 10.2. The Morgan fingerprint density at radius 2 is 1.89 bits per heavy atom. The number of nitrogens with zero attached hydrogens (tertiary/aromatic N) is 4. The van der Waals surface area contributed by atoms with Crippen LogP contribution in [0.5, 0.6) is 5.75 Å². The van der Waals surface area contributed by atoms with Crippen molar-refractivity contribution in [2.75, 3.05) is 43.5 Å². The van der Waals surface area contributed by atoms with E-state index in [0.717, 1.165) is 72.0 Å². The minimum atomic E-state index is 0.0681. The summed E-state index contributed by atoms with van der Waals surface area (Å²) in [6.07, 6.45) is 8.19. The average molecular weight is 518 g/mol. The highest BCUT2D eigenvalue weighted by molar-refractivity contribution is 7.14. The van der Waals surface area contributed by atoms with Gasteiger partial charge >= 0.3 is 0 Å². The maximum atomic E-state index is 13.3. The highest BCUT2D eigenvalue weighted by Gasteiger charge is 2.31. The molecule has 0 bridgehead atoms. The van der Waals surface area contributed by atoms with Gasteiger partial charge in [0.15, 0.2) is 0 Å². The fourth-order valence-corrected chi connectivity index (χ4v) is 5.84. The molecule has 2 aromatic heterocycles. The minimum absolute atomic E-state index is 0.0681. The van der Waals surface area contributed by atoms with Gasteiger partial charge in [0.05, 0.1) is 46.6 Å². The second-order valence-electron chi connectivity index (χ2n) is 10.3. The third-order valence-corrected chi connectivity index (χ3v) is 8.35. The van der Waals surface area contributed by atoms with Gasteiger partial charge in [-0.1, -0.05) is 6.07 Å². The highest BCUT2D eigenvalue weighted by Crippen LogP contribution is 2.38. The van der Waals surface area contributed by atoms with Crippen LogP contribution in [0.3, 0.4) is 0 Å². The quantitative estimate of drug-likeness (QED) is 0.511. The Kier molecular flexibility index (Phi) is 6.65. The lowest BCUT2D eigenvalue weighted by molar-refractivity contribution is -0.124. The van der Waals surface area contributed by atoms with E-state index in [4.69, 9.17) is 9.72 Å². The predicted octanol–water partition coefficient (Wildman–Crippen LogP) is 4.68. The number of fused-ring (bicyclic) bond motifs is 1. The first-order chi connectivity index (χ1) is 18.0. The average Bonchev–Trinajstić information content (AvgIpc) is 3.61. The summed E-state index contributed by atoms with van der Waals surface area (Å²) < 4.78 is 5.97. The van der Waals surface area contributed by atoms with Crippen LogP contribution in [0, 0.1) is 11.8 Å². The number of amides is 2. The fourth-order valence-electron chi connectivity index (χ4n) is 5.04. The van der Waals surface area contributed by atoms with Crippen molar-refractivity contribution in [2.24, 2.45) is 11.8 Å². The summed E-state index contributed by atoms with van der Waals surface area (Å²) in [6, 6.07) is 7.85. The molecule has 8 nitrogen and oxygen atoms in total. The summed E-state index contributed by atoms with van der Waals surface area (Å²) in [7, 11) is 2.11. The number of benzene rings is 1. The summed E-state index contributed by atoms with van der Waals surface area (Å²) in [5, 5.41) is 4.94. The Hall–Kier alpha value is -3.30. The van der Waals surface area contributed by atoms with Gasteiger partial charge in [0.1, 0.15) is 12.4 Å². The van der Waals surface area contributed by atoms with E-state index in [1.165, 1.54) is 11.3 Å². The van der Waals surface area contributed by atoms with Gasteiger partial charge in [-0.2, -0.15) is 0 Å². The number of likely N-dealkylation sites (tertiary alicyclic amines) is 1. The number of ether oxygens (including phenoxy) is 1. The van der Waals surface area contributed by atoms with E-state index in [0.29, 0.717) is 31.2 Å². The van der Waals surface area contributed by atoms with Gasteiger partial charge in [-0.3, -0.25) is 14.6 Å². The molecule has 1 N–H and O–H groups in total. The minimum Gasteiger partial charge on any atom is -0.490 e. The molecule has 6 rings (SSSR count). The molecule has 1 saturated heterocycles. The standard InChI is InChI=1S/C28H31N5O3S/c1-32-8-6-19(7-9-32)28(35)33-10-11-36-25-13-20(4-5-24(25)33)22-15-29-16-23(31-22)26-14-21(17-37-26)30-27(34)12-18-2-3-18/h4-5,13-19H,2-3,6-12H2,1H3,(H,30,34). The first kappa shape index (κ1) is 24.1. The summed E-state index contributed by atoms with van der Waals surface area (Å²) in [4.78, 5) is 39.9. The molecule has 0 unspecified atom stereocenters. The van der Waals surface area contributed by atoms with Gasteiger partial charge in [-0.15, -0.1) is 11.3 Å². The number of anilines is 2. The van der Waals surface area contributed by atoms with E-state index in [2.05, 4.69) is 22.2 Å². The summed E-state index contributed by atoms with van der Waals surface area (Å²) >= 11 is 1.53. The molecule has 2 amide bonds. The first-order valence-corrected chi connectivity index (χ1v) is 13.9. The van der Waals surface area contributed by atoms with Crippen molar-refractivity contribution >= 4 is 34.5 Å². The molecule has 0 spiro atoms. The molecule has 2 aliphatic heterocycles. The van der Waals surface area contributed by atoms with Crippen LogP contribution in [0.1, 0.15) is 32.1 Å². The van der Waals surface area contributed by atoms with Gasteiger partial charge in [-0.25, -0.2) is 4.98 Å². The van der Waals surface area contributed by atoms with Crippen molar-refractivity contribution in [2.45, 2.75) is 32.1 Å². The van der Waals surface area contributed by atoms with E-state index < -0.39 is 0 Å². The molecule has 192 valence electrons. The molecular weight excluding hydrogens is 486 g/mol. The van der Waals surface area contributed by atoms with E-state index in [1.807, 2.05) is 34.5 Å². The van der Waals surface area contributed by atoms with Crippen molar-refractivity contribution < 1.29 is 14.3 Å². The number of aromatic nitrogens is 2. The Morgan fingerprint density at radius 3 is 2.70 bits per heavy atom. The monoisotopic (exact) mass is 517 g/mol. The molecule has 2 fully saturated rings. The molecule has 1 aromatic carbocycles. The van der Waals surface area contributed by atoms with Crippen molar-refractivity contribution in [1.29, 1.82) is 0 Å². The third kappa shape index (κ3) is 5.38. The predicted molar refractivity (Wildman–Crippen MR) is 145 cm³/mol. The topological polar surface area (TPSA) is 87.7 Å². The van der Waals surface area contributed by atoms with Crippen LogP contribution < -0.4 is 15.0 Å². The maximum absolute atomic E-state index is 13.3. The van der Waals surface area contributed by atoms with Crippen LogP contribution in [-0.2, 0) is 9.59 Å². The molecule has 37 heavy (non-hydrogen) atoms. The molecule has 3 aromatic rings. The van der Waals surface area contributed by atoms with Crippen LogP contribution in [0.4, 0.5) is 11.4 Å². The van der Waals surface area contributed by atoms with Crippen LogP contribution in [0.25, 0.3) is 21.8 Å². The highest BCUT2D eigenvalue weighted by atomic mass is 32.1. The molecule has 9 heteroatoms. The number of hydrogen-bond acceptors (Lipinski definition) is 7. The van der Waals surface area contributed by atoms with Gasteiger partial charge in [0.25, 0.3) is 0 Å².